The SMILES string of the molecule is CC[C@@H]1C[C@H](N(Cc2cc(C(F)(F)F)cc(C(F)(F)F)c2)c2ncc(C3C=NN(C)C3)cn2)CN1C(=O)OC1CCOCC1. The van der Waals surface area contributed by atoms with Crippen molar-refractivity contribution in [1.82, 2.24) is 19.9 Å². The second-order valence-corrected chi connectivity index (χ2v) is 11.4. The van der Waals surface area contributed by atoms with Crippen molar-refractivity contribution in [3.63, 3.8) is 0 Å². The van der Waals surface area contributed by atoms with E-state index in [1.54, 1.807) is 33.4 Å². The van der Waals surface area contributed by atoms with E-state index in [1.807, 2.05) is 14.0 Å². The molecule has 9 nitrogen and oxygen atoms in total. The molecule has 1 aromatic carbocycles. The van der Waals surface area contributed by atoms with Crippen LogP contribution in [0.25, 0.3) is 0 Å². The zero-order chi connectivity index (χ0) is 31.6. The lowest BCUT2D eigenvalue weighted by Crippen LogP contribution is -2.42. The molecule has 3 aliphatic rings. The second kappa shape index (κ2) is 12.8. The van der Waals surface area contributed by atoms with Gasteiger partial charge in [-0.15, -0.1) is 0 Å². The van der Waals surface area contributed by atoms with Gasteiger partial charge in [0.25, 0.3) is 0 Å². The Balaban J connectivity index is 1.46. The van der Waals surface area contributed by atoms with E-state index in [0.29, 0.717) is 57.6 Å². The van der Waals surface area contributed by atoms with E-state index in [0.717, 1.165) is 5.56 Å². The Kier molecular flexibility index (Phi) is 9.23. The lowest BCUT2D eigenvalue weighted by atomic mass is 10.0. The summed E-state index contributed by atoms with van der Waals surface area (Å²) < 4.78 is 93.0. The number of anilines is 1. The zero-order valence-corrected chi connectivity index (χ0v) is 24.3. The molecule has 4 heterocycles. The van der Waals surface area contributed by atoms with Crippen molar-refractivity contribution in [2.45, 2.75) is 75.6 Å². The highest BCUT2D eigenvalue weighted by molar-refractivity contribution is 5.70. The summed E-state index contributed by atoms with van der Waals surface area (Å²) in [4.78, 5) is 25.4. The summed E-state index contributed by atoms with van der Waals surface area (Å²) in [6, 6.07) is 0.772. The van der Waals surface area contributed by atoms with E-state index in [9.17, 15) is 31.1 Å². The molecule has 0 aliphatic carbocycles. The molecule has 1 unspecified atom stereocenters. The van der Waals surface area contributed by atoms with Crippen LogP contribution in [0, 0.1) is 0 Å². The molecule has 44 heavy (non-hydrogen) atoms. The van der Waals surface area contributed by atoms with Gasteiger partial charge in [0.05, 0.1) is 30.4 Å². The lowest BCUT2D eigenvalue weighted by molar-refractivity contribution is -0.143. The van der Waals surface area contributed by atoms with Gasteiger partial charge in [0.1, 0.15) is 6.10 Å². The highest BCUT2D eigenvalue weighted by Gasteiger charge is 2.41. The molecule has 0 N–H and O–H groups in total. The topological polar surface area (TPSA) is 83.4 Å². The number of hydrogen-bond acceptors (Lipinski definition) is 8. The van der Waals surface area contributed by atoms with E-state index >= 15 is 0 Å². The molecule has 0 bridgehead atoms. The Labute approximate surface area is 250 Å². The maximum Gasteiger partial charge on any atom is 0.416 e. The number of benzene rings is 1. The summed E-state index contributed by atoms with van der Waals surface area (Å²) in [7, 11) is 1.82. The largest absolute Gasteiger partial charge is 0.446 e. The van der Waals surface area contributed by atoms with Gasteiger partial charge in [0.2, 0.25) is 5.95 Å². The predicted octanol–water partition coefficient (Wildman–Crippen LogP) is 5.70. The highest BCUT2D eigenvalue weighted by atomic mass is 19.4. The van der Waals surface area contributed by atoms with Crippen LogP contribution >= 0.6 is 0 Å². The van der Waals surface area contributed by atoms with Crippen molar-refractivity contribution < 1.29 is 40.6 Å². The number of likely N-dealkylation sites (N-methyl/N-ethyl adjacent to an activating group) is 1. The molecule has 0 saturated carbocycles. The van der Waals surface area contributed by atoms with Crippen LogP contribution in [0.5, 0.6) is 0 Å². The molecule has 0 radical (unpaired) electrons. The number of likely N-dealkylation sites (tertiary alicyclic amines) is 1. The third kappa shape index (κ3) is 7.36. The Morgan fingerprint density at radius 2 is 1.66 bits per heavy atom. The monoisotopic (exact) mass is 628 g/mol. The third-order valence-corrected chi connectivity index (χ3v) is 8.22. The number of nitrogens with zero attached hydrogens (tertiary/aromatic N) is 6. The fraction of sp³-hybridized carbons (Fsp3) is 0.586. The molecule has 2 fully saturated rings. The van der Waals surface area contributed by atoms with Crippen LogP contribution in [0.3, 0.4) is 0 Å². The van der Waals surface area contributed by atoms with Crippen LogP contribution in [0.1, 0.15) is 60.8 Å². The van der Waals surface area contributed by atoms with E-state index in [2.05, 4.69) is 15.1 Å². The van der Waals surface area contributed by atoms with Gasteiger partial charge in [0, 0.05) is 70.1 Å². The van der Waals surface area contributed by atoms with Gasteiger partial charge in [-0.25, -0.2) is 14.8 Å². The van der Waals surface area contributed by atoms with Gasteiger partial charge in [0.15, 0.2) is 0 Å². The first-order valence-corrected chi connectivity index (χ1v) is 14.5. The fourth-order valence-corrected chi connectivity index (χ4v) is 5.84. The average Bonchev–Trinajstić information content (AvgIpc) is 3.62. The van der Waals surface area contributed by atoms with Crippen LogP contribution in [-0.2, 0) is 28.4 Å². The van der Waals surface area contributed by atoms with Crippen LogP contribution in [0.4, 0.5) is 37.1 Å². The first-order chi connectivity index (χ1) is 20.8. The van der Waals surface area contributed by atoms with Gasteiger partial charge in [-0.05, 0) is 42.2 Å². The number of halogens is 6. The summed E-state index contributed by atoms with van der Waals surface area (Å²) >= 11 is 0. The molecule has 15 heteroatoms. The minimum atomic E-state index is -4.99. The Morgan fingerprint density at radius 1 is 1.02 bits per heavy atom. The molecule has 3 aliphatic heterocycles. The molecule has 3 atom stereocenters. The number of hydrogen-bond donors (Lipinski definition) is 0. The van der Waals surface area contributed by atoms with Crippen LogP contribution < -0.4 is 4.90 Å². The van der Waals surface area contributed by atoms with Crippen molar-refractivity contribution in [3.05, 3.63) is 52.8 Å². The average molecular weight is 629 g/mol. The number of amides is 1. The van der Waals surface area contributed by atoms with E-state index < -0.39 is 35.6 Å². The van der Waals surface area contributed by atoms with Gasteiger partial charge >= 0.3 is 18.4 Å². The van der Waals surface area contributed by atoms with Gasteiger partial charge in [-0.1, -0.05) is 6.92 Å². The van der Waals surface area contributed by atoms with E-state index in [4.69, 9.17) is 9.47 Å². The second-order valence-electron chi connectivity index (χ2n) is 11.4. The van der Waals surface area contributed by atoms with Gasteiger partial charge in [-0.2, -0.15) is 31.4 Å². The van der Waals surface area contributed by atoms with Gasteiger partial charge < -0.3 is 19.3 Å². The summed E-state index contributed by atoms with van der Waals surface area (Å²) in [5.41, 5.74) is -2.24. The van der Waals surface area contributed by atoms with Crippen molar-refractivity contribution in [3.8, 4) is 0 Å². The Hall–Kier alpha value is -3.62. The van der Waals surface area contributed by atoms with E-state index in [-0.39, 0.29) is 48.7 Å². The number of alkyl halides is 6. The van der Waals surface area contributed by atoms with Crippen molar-refractivity contribution in [2.24, 2.45) is 5.10 Å². The molecule has 5 rings (SSSR count). The summed E-state index contributed by atoms with van der Waals surface area (Å²) in [6.45, 7) is 3.28. The van der Waals surface area contributed by atoms with E-state index in [1.165, 1.54) is 0 Å². The molecule has 240 valence electrons. The Morgan fingerprint density at radius 3 is 2.20 bits per heavy atom. The number of carbonyl (C=O) groups excluding carboxylic acids is 1. The lowest BCUT2D eigenvalue weighted by Gasteiger charge is -2.30. The normalized spacial score (nSPS) is 23.0. The highest BCUT2D eigenvalue weighted by Crippen LogP contribution is 2.37. The minimum absolute atomic E-state index is 0.0632. The number of rotatable bonds is 7. The van der Waals surface area contributed by atoms with Crippen LogP contribution in [-0.4, -0.2) is 83.7 Å². The summed E-state index contributed by atoms with van der Waals surface area (Å²) in [5, 5.41) is 5.97. The van der Waals surface area contributed by atoms with Crippen LogP contribution in [0.2, 0.25) is 0 Å². The molecule has 2 saturated heterocycles. The molecule has 1 aromatic heterocycles. The number of ether oxygens (including phenoxy) is 2. The van der Waals surface area contributed by atoms with Gasteiger partial charge in [-0.3, -0.25) is 5.01 Å². The van der Waals surface area contributed by atoms with Crippen molar-refractivity contribution in [1.29, 1.82) is 0 Å². The molecule has 0 spiro atoms. The number of aromatic nitrogens is 2. The van der Waals surface area contributed by atoms with Crippen LogP contribution in [0.15, 0.2) is 35.7 Å². The summed E-state index contributed by atoms with van der Waals surface area (Å²) in [5.74, 6) is 0.0641. The Bertz CT molecular complexity index is 1300. The number of carbonyl (C=O) groups is 1. The minimum Gasteiger partial charge on any atom is -0.446 e. The quantitative estimate of drug-likeness (QED) is 0.364. The number of hydrazone groups is 1. The third-order valence-electron chi connectivity index (χ3n) is 8.22. The fourth-order valence-electron chi connectivity index (χ4n) is 5.84. The van der Waals surface area contributed by atoms with Crippen molar-refractivity contribution >= 4 is 18.3 Å². The summed E-state index contributed by atoms with van der Waals surface area (Å²) in [6.07, 6.45) is -3.73. The van der Waals surface area contributed by atoms with Crippen molar-refractivity contribution in [2.75, 3.05) is 38.3 Å². The maximum absolute atomic E-state index is 13.7. The predicted molar refractivity (Wildman–Crippen MR) is 148 cm³/mol. The molecule has 2 aromatic rings. The first-order valence-electron chi connectivity index (χ1n) is 14.5. The molecule has 1 amide bonds. The molecular formula is C29H34F6N6O3. The molecular weight excluding hydrogens is 594 g/mol. The smallest absolute Gasteiger partial charge is 0.416 e. The zero-order valence-electron chi connectivity index (χ0n) is 24.3. The maximum atomic E-state index is 13.7. The standard InChI is InChI=1S/C29H34F6N6O3/c1-3-23-11-24(17-41(23)27(42)44-25-4-6-43-7-5-25)40(26-36-12-19(13-37-26)20-14-38-39(2)16-20)15-18-8-21(28(30,31)32)10-22(9-18)29(33,34)35/h8-10,12-14,20,23-25H,3-7,11,15-17H2,1-2H3/t20?,23-,24+/m1/s1. The first kappa shape index (κ1) is 31.8.